The molecule has 1 aliphatic rings. The molecule has 6 amide bonds. The van der Waals surface area contributed by atoms with Crippen molar-refractivity contribution in [3.05, 3.63) is 83.9 Å². The van der Waals surface area contributed by atoms with Crippen LogP contribution in [0.25, 0.3) is 0 Å². The lowest BCUT2D eigenvalue weighted by Gasteiger charge is -2.38. The number of amides is 6. The number of benzene rings is 2. The number of nitrogens with zero attached hydrogens (tertiary/aromatic N) is 3. The molecule has 4 rings (SSSR count). The molecule has 0 unspecified atom stereocenters. The number of rotatable bonds is 26. The van der Waals surface area contributed by atoms with Gasteiger partial charge in [0.15, 0.2) is 5.96 Å². The lowest BCUT2D eigenvalue weighted by molar-refractivity contribution is -0.147. The summed E-state index contributed by atoms with van der Waals surface area (Å²) >= 11 is 0. The Morgan fingerprint density at radius 1 is 0.812 bits per heavy atom. The lowest BCUT2D eigenvalue weighted by atomic mass is 9.95. The maximum Gasteiger partial charge on any atom is 0.326 e. The highest BCUT2D eigenvalue weighted by atomic mass is 16.5. The van der Waals surface area contributed by atoms with Crippen molar-refractivity contribution in [2.75, 3.05) is 20.2 Å². The standard InChI is InChI=1S/C48H70N12O9/c1-6-29(4)40(59-42(62)35(23-31-17-19-33(69-5)20-18-31)55-44(64)39(28(2)3)58-41(61)34(49)15-12-21-53-48(50)51)45(65)56-36(25-32-26-52-27-54-32)46(66)60-22-11-10-16-38(60)43(63)57-37(47(67)68)24-30-13-8-7-9-14-30/h7-9,13-14,17-20,26-29,34-40H,6,10-12,15-16,21-25,49H2,1-5H3,(H,52,54)(H,55,64)(H,56,65)(H,57,63)(H,58,61)(H,59,62)(H,67,68)(H4,50,51,53)/t29-,34-,35-,36-,37-,38-,39-,40-/m0/s1. The molecular formula is C48H70N12O9. The summed E-state index contributed by atoms with van der Waals surface area (Å²) in [5, 5.41) is 23.9. The van der Waals surface area contributed by atoms with Crippen LogP contribution in [0, 0.1) is 11.8 Å². The van der Waals surface area contributed by atoms with E-state index in [1.165, 1.54) is 24.5 Å². The minimum Gasteiger partial charge on any atom is -0.497 e. The molecule has 1 aromatic heterocycles. The molecule has 1 aliphatic heterocycles. The molecule has 3 aromatic rings. The number of piperidine rings is 1. The van der Waals surface area contributed by atoms with Crippen molar-refractivity contribution in [2.24, 2.45) is 34.0 Å². The maximum absolute atomic E-state index is 14.7. The number of guanidine groups is 1. The van der Waals surface area contributed by atoms with Crippen LogP contribution in [0.1, 0.15) is 83.0 Å². The molecular weight excluding hydrogens is 889 g/mol. The number of nitrogens with two attached hydrogens (primary N) is 3. The number of hydrogen-bond acceptors (Lipinski definition) is 11. The van der Waals surface area contributed by atoms with Crippen LogP contribution in [0.3, 0.4) is 0 Å². The summed E-state index contributed by atoms with van der Waals surface area (Å²) in [4.78, 5) is 109. The monoisotopic (exact) mass is 959 g/mol. The number of hydrogen-bond donors (Lipinski definition) is 10. The lowest BCUT2D eigenvalue weighted by Crippen LogP contribution is -2.62. The predicted molar refractivity (Wildman–Crippen MR) is 258 cm³/mol. The zero-order chi connectivity index (χ0) is 50.6. The molecule has 0 spiro atoms. The highest BCUT2D eigenvalue weighted by molar-refractivity contribution is 5.97. The summed E-state index contributed by atoms with van der Waals surface area (Å²) in [6.07, 6.45) is 5.39. The average molecular weight is 959 g/mol. The Bertz CT molecular complexity index is 2190. The fourth-order valence-electron chi connectivity index (χ4n) is 7.93. The number of aliphatic imine (C=N–C) groups is 1. The van der Waals surface area contributed by atoms with E-state index in [0.29, 0.717) is 48.3 Å². The molecule has 8 atom stereocenters. The number of aromatic amines is 1. The minimum atomic E-state index is -1.26. The number of methoxy groups -OCH3 is 1. The molecule has 2 heterocycles. The van der Waals surface area contributed by atoms with E-state index in [9.17, 15) is 38.7 Å². The number of H-pyrrole nitrogens is 1. The van der Waals surface area contributed by atoms with Gasteiger partial charge < -0.3 is 63.5 Å². The number of carboxylic acids is 1. The van der Waals surface area contributed by atoms with Gasteiger partial charge >= 0.3 is 5.97 Å². The van der Waals surface area contributed by atoms with E-state index in [1.54, 1.807) is 75.4 Å². The Morgan fingerprint density at radius 2 is 1.45 bits per heavy atom. The molecule has 21 heteroatoms. The zero-order valence-electron chi connectivity index (χ0n) is 40.1. The van der Waals surface area contributed by atoms with E-state index in [4.69, 9.17) is 21.9 Å². The molecule has 376 valence electrons. The van der Waals surface area contributed by atoms with Crippen LogP contribution in [-0.4, -0.2) is 130 Å². The first kappa shape index (κ1) is 54.6. The smallest absolute Gasteiger partial charge is 0.326 e. The summed E-state index contributed by atoms with van der Waals surface area (Å²) in [5.41, 5.74) is 18.8. The zero-order valence-corrected chi connectivity index (χ0v) is 40.1. The molecule has 21 nitrogen and oxygen atoms in total. The van der Waals surface area contributed by atoms with Crippen LogP contribution >= 0.6 is 0 Å². The molecule has 2 aromatic carbocycles. The highest BCUT2D eigenvalue weighted by Crippen LogP contribution is 2.21. The molecule has 0 radical (unpaired) electrons. The predicted octanol–water partition coefficient (Wildman–Crippen LogP) is 0.419. The van der Waals surface area contributed by atoms with E-state index in [2.05, 4.69) is 41.5 Å². The number of carbonyl (C=O) groups excluding carboxylic acids is 6. The van der Waals surface area contributed by atoms with E-state index >= 15 is 0 Å². The molecule has 1 saturated heterocycles. The molecule has 0 saturated carbocycles. The van der Waals surface area contributed by atoms with Crippen molar-refractivity contribution in [3.63, 3.8) is 0 Å². The van der Waals surface area contributed by atoms with Crippen LogP contribution in [-0.2, 0) is 52.8 Å². The fraction of sp³-hybridized carbons (Fsp3) is 0.521. The van der Waals surface area contributed by atoms with Gasteiger partial charge in [0, 0.05) is 44.2 Å². The van der Waals surface area contributed by atoms with Gasteiger partial charge in [-0.3, -0.25) is 33.8 Å². The van der Waals surface area contributed by atoms with E-state index < -0.39 is 95.5 Å². The second kappa shape index (κ2) is 27.1. The van der Waals surface area contributed by atoms with Crippen LogP contribution in [0.2, 0.25) is 0 Å². The number of ether oxygens (including phenoxy) is 1. The van der Waals surface area contributed by atoms with Crippen molar-refractivity contribution in [1.29, 1.82) is 0 Å². The Balaban J connectivity index is 1.58. The van der Waals surface area contributed by atoms with Crippen LogP contribution in [0.15, 0.2) is 72.1 Å². The summed E-state index contributed by atoms with van der Waals surface area (Å²) in [6, 6.07) is 7.65. The molecule has 1 fully saturated rings. The van der Waals surface area contributed by atoms with Crippen LogP contribution in [0.4, 0.5) is 0 Å². The fourth-order valence-corrected chi connectivity index (χ4v) is 7.93. The number of imidazole rings is 1. The van der Waals surface area contributed by atoms with E-state index in [-0.39, 0.29) is 51.2 Å². The average Bonchev–Trinajstić information content (AvgIpc) is 3.85. The summed E-state index contributed by atoms with van der Waals surface area (Å²) < 4.78 is 5.31. The van der Waals surface area contributed by atoms with Gasteiger partial charge in [0.2, 0.25) is 35.4 Å². The van der Waals surface area contributed by atoms with Gasteiger partial charge in [0.25, 0.3) is 0 Å². The first-order valence-electron chi connectivity index (χ1n) is 23.4. The molecule has 0 bridgehead atoms. The quantitative estimate of drug-likeness (QED) is 0.0297. The largest absolute Gasteiger partial charge is 0.497 e. The number of likely N-dealkylation sites (tertiary alicyclic amines) is 1. The second-order valence-corrected chi connectivity index (χ2v) is 17.7. The summed E-state index contributed by atoms with van der Waals surface area (Å²) in [5.74, 6) is -5.54. The van der Waals surface area contributed by atoms with Crippen LogP contribution in [0.5, 0.6) is 5.75 Å². The Morgan fingerprint density at radius 3 is 2.06 bits per heavy atom. The maximum atomic E-state index is 14.7. The first-order valence-corrected chi connectivity index (χ1v) is 23.4. The van der Waals surface area contributed by atoms with Crippen molar-refractivity contribution in [3.8, 4) is 5.75 Å². The minimum absolute atomic E-state index is 0.0209. The first-order chi connectivity index (χ1) is 32.9. The molecule has 69 heavy (non-hydrogen) atoms. The van der Waals surface area contributed by atoms with E-state index in [1.807, 2.05) is 6.92 Å². The normalized spacial score (nSPS) is 16.6. The topological polar surface area (TPSA) is 331 Å². The van der Waals surface area contributed by atoms with Crippen molar-refractivity contribution < 1.29 is 43.4 Å². The Labute approximate surface area is 402 Å². The molecule has 13 N–H and O–H groups in total. The molecule has 0 aliphatic carbocycles. The number of carbonyl (C=O) groups is 7. The van der Waals surface area contributed by atoms with Gasteiger partial charge in [0.05, 0.1) is 19.5 Å². The third-order valence-electron chi connectivity index (χ3n) is 12.2. The summed E-state index contributed by atoms with van der Waals surface area (Å²) in [6.45, 7) is 7.49. The van der Waals surface area contributed by atoms with Gasteiger partial charge in [-0.25, -0.2) is 9.78 Å². The van der Waals surface area contributed by atoms with E-state index in [0.717, 1.165) is 0 Å². The van der Waals surface area contributed by atoms with Crippen molar-refractivity contribution in [2.45, 2.75) is 128 Å². The number of aliphatic carboxylic acids is 1. The van der Waals surface area contributed by atoms with Crippen molar-refractivity contribution >= 4 is 47.4 Å². The van der Waals surface area contributed by atoms with Crippen molar-refractivity contribution in [1.82, 2.24) is 41.5 Å². The third kappa shape index (κ3) is 16.9. The van der Waals surface area contributed by atoms with Gasteiger partial charge in [0.1, 0.15) is 42.0 Å². The van der Waals surface area contributed by atoms with Crippen LogP contribution < -0.4 is 48.5 Å². The number of aromatic nitrogens is 2. The summed E-state index contributed by atoms with van der Waals surface area (Å²) in [7, 11) is 1.52. The third-order valence-corrected chi connectivity index (χ3v) is 12.2. The van der Waals surface area contributed by atoms with Gasteiger partial charge in [-0.2, -0.15) is 0 Å². The highest BCUT2D eigenvalue weighted by Gasteiger charge is 2.40. The Hall–Kier alpha value is -7.03. The van der Waals surface area contributed by atoms with Gasteiger partial charge in [-0.15, -0.1) is 0 Å². The Kier molecular flexibility index (Phi) is 21.4. The number of carboxylic acid groups (broad SMARTS) is 1. The second-order valence-electron chi connectivity index (χ2n) is 17.7. The number of nitrogens with one attached hydrogen (secondary N) is 6. The van der Waals surface area contributed by atoms with Gasteiger partial charge in [-0.05, 0) is 67.2 Å². The SMILES string of the molecule is CC[C@H](C)[C@H](NC(=O)[C@H](Cc1ccc(OC)cc1)NC(=O)[C@@H](NC(=O)[C@@H](N)CCCN=C(N)N)C(C)C)C(=O)N[C@@H](Cc1cnc[nH]1)C(=O)N1CCCC[C@H]1C(=O)N[C@@H](Cc1ccccc1)C(=O)O. The van der Waals surface area contributed by atoms with Gasteiger partial charge in [-0.1, -0.05) is 76.6 Å².